The summed E-state index contributed by atoms with van der Waals surface area (Å²) in [5.74, 6) is -0.805. The quantitative estimate of drug-likeness (QED) is 0.666. The molecule has 0 spiro atoms. The first-order chi connectivity index (χ1) is 7.13. The van der Waals surface area contributed by atoms with Gasteiger partial charge in [-0.1, -0.05) is 24.3 Å². The number of aliphatic carboxylic acids is 1. The number of hydrogen-bond donors (Lipinski definition) is 3. The third-order valence-corrected chi connectivity index (χ3v) is 2.22. The second kappa shape index (κ2) is 5.48. The van der Waals surface area contributed by atoms with Crippen LogP contribution in [0.15, 0.2) is 24.3 Å². The Morgan fingerprint density at radius 2 is 1.93 bits per heavy atom. The molecule has 4 N–H and O–H groups in total. The summed E-state index contributed by atoms with van der Waals surface area (Å²) in [6, 6.07) is 7.18. The van der Waals surface area contributed by atoms with E-state index in [0.717, 1.165) is 11.1 Å². The van der Waals surface area contributed by atoms with E-state index in [2.05, 4.69) is 0 Å². The molecule has 0 aliphatic rings. The van der Waals surface area contributed by atoms with Crippen LogP contribution in [0.25, 0.3) is 0 Å². The second-order valence-electron chi connectivity index (χ2n) is 3.39. The maximum Gasteiger partial charge on any atom is 0.303 e. The van der Waals surface area contributed by atoms with Gasteiger partial charge in [0.15, 0.2) is 0 Å². The zero-order valence-corrected chi connectivity index (χ0v) is 8.39. The Balaban J connectivity index is 2.60. The highest BCUT2D eigenvalue weighted by molar-refractivity contribution is 5.67. The van der Waals surface area contributed by atoms with E-state index in [1.807, 2.05) is 12.1 Å². The number of benzene rings is 1. The molecule has 4 nitrogen and oxygen atoms in total. The minimum atomic E-state index is -0.805. The number of hydrogen-bond acceptors (Lipinski definition) is 3. The Bertz CT molecular complexity index is 321. The van der Waals surface area contributed by atoms with Crippen molar-refractivity contribution >= 4 is 5.97 Å². The van der Waals surface area contributed by atoms with Crippen molar-refractivity contribution in [1.82, 2.24) is 0 Å². The van der Waals surface area contributed by atoms with Crippen LogP contribution in [0.1, 0.15) is 23.7 Å². The summed E-state index contributed by atoms with van der Waals surface area (Å²) in [4.78, 5) is 10.3. The van der Waals surface area contributed by atoms with Crippen molar-refractivity contribution in [3.8, 4) is 0 Å². The summed E-state index contributed by atoms with van der Waals surface area (Å²) in [5, 5.41) is 17.9. The van der Waals surface area contributed by atoms with Crippen LogP contribution in [0.2, 0.25) is 0 Å². The molecule has 0 aromatic heterocycles. The summed E-state index contributed by atoms with van der Waals surface area (Å²) in [6.45, 7) is 0.189. The average molecular weight is 209 g/mol. The first-order valence-corrected chi connectivity index (χ1v) is 4.82. The van der Waals surface area contributed by atoms with Crippen LogP contribution in [0.4, 0.5) is 0 Å². The lowest BCUT2D eigenvalue weighted by atomic mass is 10.0. The summed E-state index contributed by atoms with van der Waals surface area (Å²) in [6.07, 6.45) is -0.00819. The lowest BCUT2D eigenvalue weighted by molar-refractivity contribution is -0.136. The highest BCUT2D eigenvalue weighted by atomic mass is 16.4. The Morgan fingerprint density at radius 3 is 2.40 bits per heavy atom. The summed E-state index contributed by atoms with van der Waals surface area (Å²) >= 11 is 0. The molecule has 15 heavy (non-hydrogen) atoms. The van der Waals surface area contributed by atoms with Crippen LogP contribution >= 0.6 is 0 Å². The van der Waals surface area contributed by atoms with Crippen molar-refractivity contribution in [3.05, 3.63) is 35.4 Å². The number of carbonyl (C=O) groups is 1. The molecule has 82 valence electrons. The van der Waals surface area contributed by atoms with Gasteiger partial charge in [0.25, 0.3) is 0 Å². The number of carboxylic acids is 1. The summed E-state index contributed by atoms with van der Waals surface area (Å²) in [5.41, 5.74) is 7.02. The average Bonchev–Trinajstić information content (AvgIpc) is 2.26. The highest BCUT2D eigenvalue weighted by Crippen LogP contribution is 2.13. The fourth-order valence-electron chi connectivity index (χ4n) is 1.29. The van der Waals surface area contributed by atoms with Gasteiger partial charge in [-0.25, -0.2) is 0 Å². The Morgan fingerprint density at radius 1 is 1.33 bits per heavy atom. The molecule has 1 unspecified atom stereocenters. The lowest BCUT2D eigenvalue weighted by Crippen LogP contribution is -2.11. The number of rotatable bonds is 5. The smallest absolute Gasteiger partial charge is 0.303 e. The van der Waals surface area contributed by atoms with E-state index >= 15 is 0 Å². The standard InChI is InChI=1S/C11H15NO3/c12-7-10(13)9-4-1-8(2-5-9)3-6-11(14)15/h1-2,4-5,10,13H,3,6-7,12H2,(H,14,15). The monoisotopic (exact) mass is 209 g/mol. The van der Waals surface area contributed by atoms with Gasteiger partial charge in [0.05, 0.1) is 6.10 Å². The van der Waals surface area contributed by atoms with E-state index in [-0.39, 0.29) is 13.0 Å². The normalized spacial score (nSPS) is 12.4. The topological polar surface area (TPSA) is 83.5 Å². The first-order valence-electron chi connectivity index (χ1n) is 4.82. The van der Waals surface area contributed by atoms with Crippen LogP contribution in [0.3, 0.4) is 0 Å². The molecule has 0 aliphatic carbocycles. The van der Waals surface area contributed by atoms with Crippen molar-refractivity contribution in [1.29, 1.82) is 0 Å². The van der Waals surface area contributed by atoms with Crippen LogP contribution in [-0.2, 0) is 11.2 Å². The second-order valence-corrected chi connectivity index (χ2v) is 3.39. The lowest BCUT2D eigenvalue weighted by Gasteiger charge is -2.08. The molecule has 0 saturated heterocycles. The minimum absolute atomic E-state index is 0.124. The molecule has 0 radical (unpaired) electrons. The van der Waals surface area contributed by atoms with Gasteiger partial charge in [0.1, 0.15) is 0 Å². The van der Waals surface area contributed by atoms with Gasteiger partial charge >= 0.3 is 5.97 Å². The molecule has 0 heterocycles. The molecule has 1 rings (SSSR count). The molecule has 0 bridgehead atoms. The van der Waals surface area contributed by atoms with Crippen LogP contribution < -0.4 is 5.73 Å². The molecule has 0 aliphatic heterocycles. The molecule has 1 atom stereocenters. The van der Waals surface area contributed by atoms with E-state index in [4.69, 9.17) is 10.8 Å². The molecular formula is C11H15NO3. The molecule has 1 aromatic carbocycles. The van der Waals surface area contributed by atoms with Crippen LogP contribution in [0.5, 0.6) is 0 Å². The van der Waals surface area contributed by atoms with Crippen molar-refractivity contribution in [2.45, 2.75) is 18.9 Å². The van der Waals surface area contributed by atoms with E-state index in [0.29, 0.717) is 6.42 Å². The van der Waals surface area contributed by atoms with Gasteiger partial charge in [-0.15, -0.1) is 0 Å². The minimum Gasteiger partial charge on any atom is -0.481 e. The van der Waals surface area contributed by atoms with E-state index in [1.165, 1.54) is 0 Å². The number of aliphatic hydroxyl groups excluding tert-OH is 1. The Labute approximate surface area is 88.3 Å². The van der Waals surface area contributed by atoms with Crippen molar-refractivity contribution in [3.63, 3.8) is 0 Å². The molecule has 1 aromatic rings. The molecule has 4 heteroatoms. The van der Waals surface area contributed by atoms with Gasteiger partial charge in [-0.3, -0.25) is 4.79 Å². The van der Waals surface area contributed by atoms with E-state index in [1.54, 1.807) is 12.1 Å². The number of aliphatic hydroxyl groups is 1. The van der Waals surface area contributed by atoms with Crippen LogP contribution in [0, 0.1) is 0 Å². The van der Waals surface area contributed by atoms with Gasteiger partial charge < -0.3 is 15.9 Å². The van der Waals surface area contributed by atoms with E-state index < -0.39 is 12.1 Å². The predicted octanol–water partition coefficient (Wildman–Crippen LogP) is 0.696. The molecule has 0 saturated carbocycles. The van der Waals surface area contributed by atoms with E-state index in [9.17, 15) is 9.90 Å². The SMILES string of the molecule is NCC(O)c1ccc(CCC(=O)O)cc1. The largest absolute Gasteiger partial charge is 0.481 e. The van der Waals surface area contributed by atoms with Gasteiger partial charge in [0, 0.05) is 13.0 Å². The Hall–Kier alpha value is -1.39. The van der Waals surface area contributed by atoms with Gasteiger partial charge in [-0.05, 0) is 17.5 Å². The Kier molecular flexibility index (Phi) is 4.27. The zero-order valence-electron chi connectivity index (χ0n) is 8.39. The van der Waals surface area contributed by atoms with Crippen molar-refractivity contribution in [2.75, 3.05) is 6.54 Å². The van der Waals surface area contributed by atoms with Gasteiger partial charge in [-0.2, -0.15) is 0 Å². The summed E-state index contributed by atoms with van der Waals surface area (Å²) in [7, 11) is 0. The van der Waals surface area contributed by atoms with Crippen molar-refractivity contribution in [2.24, 2.45) is 5.73 Å². The number of aryl methyl sites for hydroxylation is 1. The summed E-state index contributed by atoms with van der Waals surface area (Å²) < 4.78 is 0. The molecule has 0 fully saturated rings. The molecule has 0 amide bonds. The molecular weight excluding hydrogens is 194 g/mol. The number of nitrogens with two attached hydrogens (primary N) is 1. The van der Waals surface area contributed by atoms with Crippen LogP contribution in [-0.4, -0.2) is 22.7 Å². The zero-order chi connectivity index (χ0) is 11.3. The maximum atomic E-state index is 10.3. The fourth-order valence-corrected chi connectivity index (χ4v) is 1.29. The first kappa shape index (κ1) is 11.7. The number of carboxylic acid groups (broad SMARTS) is 1. The highest BCUT2D eigenvalue weighted by Gasteiger charge is 2.04. The van der Waals surface area contributed by atoms with Gasteiger partial charge in [0.2, 0.25) is 0 Å². The predicted molar refractivity (Wildman–Crippen MR) is 56.4 cm³/mol. The van der Waals surface area contributed by atoms with Crippen molar-refractivity contribution < 1.29 is 15.0 Å². The maximum absolute atomic E-state index is 10.3. The third-order valence-electron chi connectivity index (χ3n) is 2.22. The third kappa shape index (κ3) is 3.69. The fraction of sp³-hybridized carbons (Fsp3) is 0.364.